The molecule has 0 aliphatic carbocycles. The second-order valence-electron chi connectivity index (χ2n) is 6.33. The fourth-order valence-corrected chi connectivity index (χ4v) is 2.80. The van der Waals surface area contributed by atoms with Gasteiger partial charge in [-0.1, -0.05) is 65.0 Å². The highest BCUT2D eigenvalue weighted by Crippen LogP contribution is 2.21. The molecule has 0 spiro atoms. The lowest BCUT2D eigenvalue weighted by Gasteiger charge is -2.16. The van der Waals surface area contributed by atoms with Crippen LogP contribution in [0.2, 0.25) is 0 Å². The Bertz CT molecular complexity index is 437. The lowest BCUT2D eigenvalue weighted by atomic mass is 9.91. The van der Waals surface area contributed by atoms with Gasteiger partial charge in [0.25, 0.3) is 0 Å². The Morgan fingerprint density at radius 2 is 1.91 bits per heavy atom. The van der Waals surface area contributed by atoms with Crippen LogP contribution in [0.3, 0.4) is 0 Å². The molecule has 1 unspecified atom stereocenters. The standard InChI is InChI=1S/C20H34N2/c1-5-8-10-12-17(4)18(11-7-3)16-20-21-15-14-19(22-20)13-9-6-2/h11,14-15,17H,5-10,12-13,16H2,1-4H3/b18-11-. The monoisotopic (exact) mass is 302 g/mol. The van der Waals surface area contributed by atoms with E-state index in [1.165, 1.54) is 49.8 Å². The molecule has 0 N–H and O–H groups in total. The van der Waals surface area contributed by atoms with Gasteiger partial charge in [-0.2, -0.15) is 0 Å². The topological polar surface area (TPSA) is 25.8 Å². The van der Waals surface area contributed by atoms with E-state index in [9.17, 15) is 0 Å². The molecular weight excluding hydrogens is 268 g/mol. The molecule has 0 bridgehead atoms. The fraction of sp³-hybridized carbons (Fsp3) is 0.700. The van der Waals surface area contributed by atoms with Gasteiger partial charge in [-0.05, 0) is 37.7 Å². The van der Waals surface area contributed by atoms with Crippen molar-refractivity contribution in [2.24, 2.45) is 5.92 Å². The minimum atomic E-state index is 0.648. The minimum Gasteiger partial charge on any atom is -0.241 e. The van der Waals surface area contributed by atoms with Crippen molar-refractivity contribution in [1.82, 2.24) is 9.97 Å². The molecule has 0 saturated heterocycles. The van der Waals surface area contributed by atoms with E-state index in [2.05, 4.69) is 44.8 Å². The highest BCUT2D eigenvalue weighted by atomic mass is 14.9. The molecule has 2 nitrogen and oxygen atoms in total. The van der Waals surface area contributed by atoms with E-state index < -0.39 is 0 Å². The van der Waals surface area contributed by atoms with E-state index in [4.69, 9.17) is 4.98 Å². The van der Waals surface area contributed by atoms with Crippen LogP contribution in [0, 0.1) is 5.92 Å². The Hall–Kier alpha value is -1.18. The van der Waals surface area contributed by atoms with Crippen molar-refractivity contribution in [2.75, 3.05) is 0 Å². The van der Waals surface area contributed by atoms with Crippen LogP contribution in [0.25, 0.3) is 0 Å². The largest absolute Gasteiger partial charge is 0.241 e. The normalized spacial score (nSPS) is 13.4. The van der Waals surface area contributed by atoms with Crippen molar-refractivity contribution >= 4 is 0 Å². The van der Waals surface area contributed by atoms with Gasteiger partial charge in [0.15, 0.2) is 0 Å². The molecule has 0 amide bonds. The quantitative estimate of drug-likeness (QED) is 0.375. The van der Waals surface area contributed by atoms with Crippen LogP contribution in [0.5, 0.6) is 0 Å². The SMILES string of the molecule is CC/C=C(/Cc1nccc(CCCC)n1)C(C)CCCCC. The number of rotatable bonds is 11. The summed E-state index contributed by atoms with van der Waals surface area (Å²) in [5.74, 6) is 1.64. The molecule has 1 rings (SSSR count). The molecule has 22 heavy (non-hydrogen) atoms. The molecule has 0 saturated carbocycles. The highest BCUT2D eigenvalue weighted by molar-refractivity contribution is 5.14. The van der Waals surface area contributed by atoms with Crippen molar-refractivity contribution in [3.05, 3.63) is 35.4 Å². The summed E-state index contributed by atoms with van der Waals surface area (Å²) in [7, 11) is 0. The third-order valence-corrected chi connectivity index (χ3v) is 4.25. The molecule has 0 aliphatic heterocycles. The van der Waals surface area contributed by atoms with Gasteiger partial charge in [0, 0.05) is 18.3 Å². The van der Waals surface area contributed by atoms with Gasteiger partial charge in [-0.25, -0.2) is 9.97 Å². The smallest absolute Gasteiger partial charge is 0.132 e. The average molecular weight is 303 g/mol. The average Bonchev–Trinajstić information content (AvgIpc) is 2.53. The van der Waals surface area contributed by atoms with E-state index >= 15 is 0 Å². The van der Waals surface area contributed by atoms with Gasteiger partial charge in [-0.3, -0.25) is 0 Å². The zero-order valence-corrected chi connectivity index (χ0v) is 15.1. The van der Waals surface area contributed by atoms with Gasteiger partial charge < -0.3 is 0 Å². The maximum Gasteiger partial charge on any atom is 0.132 e. The highest BCUT2D eigenvalue weighted by Gasteiger charge is 2.11. The zero-order chi connectivity index (χ0) is 16.2. The van der Waals surface area contributed by atoms with E-state index in [0.29, 0.717) is 5.92 Å². The minimum absolute atomic E-state index is 0.648. The molecule has 124 valence electrons. The summed E-state index contributed by atoms with van der Waals surface area (Å²) >= 11 is 0. The molecule has 0 fully saturated rings. The first-order valence-corrected chi connectivity index (χ1v) is 9.20. The third kappa shape index (κ3) is 7.20. The Morgan fingerprint density at radius 1 is 1.14 bits per heavy atom. The van der Waals surface area contributed by atoms with Crippen LogP contribution in [0.4, 0.5) is 0 Å². The first kappa shape index (κ1) is 18.9. The summed E-state index contributed by atoms with van der Waals surface area (Å²) in [5.41, 5.74) is 2.72. The number of aromatic nitrogens is 2. The van der Waals surface area contributed by atoms with E-state index in [-0.39, 0.29) is 0 Å². The summed E-state index contributed by atoms with van der Waals surface area (Å²) in [5, 5.41) is 0. The molecular formula is C20H34N2. The molecule has 1 aromatic rings. The maximum absolute atomic E-state index is 4.76. The van der Waals surface area contributed by atoms with E-state index in [1.807, 2.05) is 6.20 Å². The first-order valence-electron chi connectivity index (χ1n) is 9.20. The van der Waals surface area contributed by atoms with Crippen molar-refractivity contribution in [3.8, 4) is 0 Å². The Kier molecular flexibility index (Phi) is 9.77. The van der Waals surface area contributed by atoms with E-state index in [1.54, 1.807) is 0 Å². The number of hydrogen-bond donors (Lipinski definition) is 0. The van der Waals surface area contributed by atoms with E-state index in [0.717, 1.165) is 25.1 Å². The molecule has 1 aromatic heterocycles. The third-order valence-electron chi connectivity index (χ3n) is 4.25. The number of allylic oxidation sites excluding steroid dienone is 2. The van der Waals surface area contributed by atoms with Gasteiger partial charge >= 0.3 is 0 Å². The summed E-state index contributed by atoms with van der Waals surface area (Å²) in [6.45, 7) is 9.07. The van der Waals surface area contributed by atoms with Gasteiger partial charge in [-0.15, -0.1) is 0 Å². The first-order chi connectivity index (χ1) is 10.7. The second kappa shape index (κ2) is 11.4. The van der Waals surface area contributed by atoms with Crippen molar-refractivity contribution in [1.29, 1.82) is 0 Å². The summed E-state index contributed by atoms with van der Waals surface area (Å²) in [4.78, 5) is 9.26. The molecule has 0 radical (unpaired) electrons. The maximum atomic E-state index is 4.76. The number of unbranched alkanes of at least 4 members (excludes halogenated alkanes) is 3. The lowest BCUT2D eigenvalue weighted by molar-refractivity contribution is 0.541. The van der Waals surface area contributed by atoms with Gasteiger partial charge in [0.2, 0.25) is 0 Å². The predicted octanol–water partition coefficient (Wildman–Crippen LogP) is 5.91. The van der Waals surface area contributed by atoms with Crippen molar-refractivity contribution in [3.63, 3.8) is 0 Å². The summed E-state index contributed by atoms with van der Waals surface area (Å²) < 4.78 is 0. The Balaban J connectivity index is 2.68. The van der Waals surface area contributed by atoms with Gasteiger partial charge in [0.1, 0.15) is 5.82 Å². The van der Waals surface area contributed by atoms with Crippen LogP contribution < -0.4 is 0 Å². The molecule has 1 atom stereocenters. The Morgan fingerprint density at radius 3 is 2.59 bits per heavy atom. The van der Waals surface area contributed by atoms with Gasteiger partial charge in [0.05, 0.1) is 0 Å². The van der Waals surface area contributed by atoms with Crippen LogP contribution in [0.15, 0.2) is 23.9 Å². The molecule has 2 heteroatoms. The van der Waals surface area contributed by atoms with Crippen molar-refractivity contribution in [2.45, 2.75) is 85.5 Å². The zero-order valence-electron chi connectivity index (χ0n) is 15.1. The number of hydrogen-bond acceptors (Lipinski definition) is 2. The summed E-state index contributed by atoms with van der Waals surface area (Å²) in [6.07, 6.45) is 15.1. The Labute approximate surface area is 137 Å². The van der Waals surface area contributed by atoms with Crippen LogP contribution in [-0.2, 0) is 12.8 Å². The number of nitrogens with zero attached hydrogens (tertiary/aromatic N) is 2. The van der Waals surface area contributed by atoms with Crippen molar-refractivity contribution < 1.29 is 0 Å². The van der Waals surface area contributed by atoms with Crippen LogP contribution >= 0.6 is 0 Å². The fourth-order valence-electron chi connectivity index (χ4n) is 2.80. The molecule has 0 aliphatic rings. The second-order valence-corrected chi connectivity index (χ2v) is 6.33. The molecule has 1 heterocycles. The number of aryl methyl sites for hydroxylation is 1. The lowest BCUT2D eigenvalue weighted by Crippen LogP contribution is -2.07. The predicted molar refractivity (Wildman–Crippen MR) is 96.0 cm³/mol. The van der Waals surface area contributed by atoms with Crippen LogP contribution in [-0.4, -0.2) is 9.97 Å². The van der Waals surface area contributed by atoms with Crippen LogP contribution in [0.1, 0.15) is 84.2 Å². The summed E-state index contributed by atoms with van der Waals surface area (Å²) in [6, 6.07) is 2.06. The molecule has 0 aromatic carbocycles.